The Kier molecular flexibility index (Phi) is 5.75. The van der Waals surface area contributed by atoms with E-state index < -0.39 is 22.6 Å². The van der Waals surface area contributed by atoms with Crippen molar-refractivity contribution >= 4 is 23.1 Å². The number of benzene rings is 2. The van der Waals surface area contributed by atoms with E-state index in [1.54, 1.807) is 0 Å². The summed E-state index contributed by atoms with van der Waals surface area (Å²) in [6, 6.07) is 11.2. The lowest BCUT2D eigenvalue weighted by molar-refractivity contribution is -0.384. The molecule has 2 amide bonds. The molecule has 2 aliphatic rings. The molecule has 2 heterocycles. The third kappa shape index (κ3) is 4.11. The van der Waals surface area contributed by atoms with E-state index >= 15 is 0 Å². The Labute approximate surface area is 184 Å². The van der Waals surface area contributed by atoms with E-state index in [4.69, 9.17) is 4.74 Å². The van der Waals surface area contributed by atoms with Crippen LogP contribution in [-0.4, -0.2) is 51.8 Å². The molecule has 0 saturated carbocycles. The summed E-state index contributed by atoms with van der Waals surface area (Å²) in [5, 5.41) is 11.0. The van der Waals surface area contributed by atoms with Crippen LogP contribution in [0.4, 0.5) is 10.1 Å². The van der Waals surface area contributed by atoms with Gasteiger partial charge in [0.2, 0.25) is 0 Å². The van der Waals surface area contributed by atoms with E-state index in [9.17, 15) is 24.1 Å². The largest absolute Gasteiger partial charge is 0.372 e. The van der Waals surface area contributed by atoms with E-state index in [0.717, 1.165) is 4.90 Å². The van der Waals surface area contributed by atoms with Crippen molar-refractivity contribution in [1.29, 1.82) is 0 Å². The van der Waals surface area contributed by atoms with Crippen molar-refractivity contribution < 1.29 is 23.6 Å². The highest BCUT2D eigenvalue weighted by atomic mass is 19.1. The molecule has 0 aromatic heterocycles. The molecule has 2 unspecified atom stereocenters. The van der Waals surface area contributed by atoms with Crippen molar-refractivity contribution in [2.24, 2.45) is 0 Å². The highest BCUT2D eigenvalue weighted by Crippen LogP contribution is 2.34. The van der Waals surface area contributed by atoms with E-state index in [-0.39, 0.29) is 35.7 Å². The molecule has 2 aliphatic heterocycles. The number of morpholine rings is 1. The zero-order valence-corrected chi connectivity index (χ0v) is 17.7. The summed E-state index contributed by atoms with van der Waals surface area (Å²) < 4.78 is 19.1. The molecular formula is C23H22FN3O5. The summed E-state index contributed by atoms with van der Waals surface area (Å²) in [6.07, 6.45) is -0.281. The van der Waals surface area contributed by atoms with Gasteiger partial charge in [-0.15, -0.1) is 0 Å². The first-order valence-corrected chi connectivity index (χ1v) is 10.2. The summed E-state index contributed by atoms with van der Waals surface area (Å²) in [6.45, 7) is 4.64. The molecular weight excluding hydrogens is 417 g/mol. The highest BCUT2D eigenvalue weighted by Gasteiger charge is 2.43. The van der Waals surface area contributed by atoms with Gasteiger partial charge in [-0.2, -0.15) is 0 Å². The number of hydrogen-bond donors (Lipinski definition) is 0. The first-order valence-electron chi connectivity index (χ1n) is 10.2. The predicted molar refractivity (Wildman–Crippen MR) is 114 cm³/mol. The molecule has 0 radical (unpaired) electrons. The van der Waals surface area contributed by atoms with Gasteiger partial charge in [-0.25, -0.2) is 4.39 Å². The quantitative estimate of drug-likeness (QED) is 0.404. The molecule has 0 aliphatic carbocycles. The van der Waals surface area contributed by atoms with Crippen LogP contribution in [0.25, 0.3) is 5.57 Å². The molecule has 1 fully saturated rings. The lowest BCUT2D eigenvalue weighted by Crippen LogP contribution is -2.46. The maximum absolute atomic E-state index is 13.4. The highest BCUT2D eigenvalue weighted by molar-refractivity contribution is 6.35. The molecule has 9 heteroatoms. The second kappa shape index (κ2) is 8.51. The number of halogens is 1. The van der Waals surface area contributed by atoms with Crippen molar-refractivity contribution in [3.63, 3.8) is 0 Å². The van der Waals surface area contributed by atoms with E-state index in [2.05, 4.69) is 0 Å². The average Bonchev–Trinajstić information content (AvgIpc) is 2.99. The summed E-state index contributed by atoms with van der Waals surface area (Å²) >= 11 is 0. The predicted octanol–water partition coefficient (Wildman–Crippen LogP) is 3.12. The van der Waals surface area contributed by atoms with Gasteiger partial charge in [0.15, 0.2) is 0 Å². The first-order chi connectivity index (χ1) is 15.2. The van der Waals surface area contributed by atoms with Crippen LogP contribution >= 0.6 is 0 Å². The number of non-ortho nitro benzene ring substituents is 1. The van der Waals surface area contributed by atoms with Crippen LogP contribution in [0.15, 0.2) is 54.2 Å². The van der Waals surface area contributed by atoms with Gasteiger partial charge in [0.05, 0.1) is 29.2 Å². The lowest BCUT2D eigenvalue weighted by Gasteiger charge is -2.37. The summed E-state index contributed by atoms with van der Waals surface area (Å²) in [5.41, 5.74) is 1.39. The van der Waals surface area contributed by atoms with E-state index in [0.29, 0.717) is 24.2 Å². The Balaban J connectivity index is 1.74. The van der Waals surface area contributed by atoms with Crippen LogP contribution in [0.2, 0.25) is 0 Å². The van der Waals surface area contributed by atoms with Gasteiger partial charge in [-0.05, 0) is 49.2 Å². The molecule has 166 valence electrons. The number of ether oxygens (including phenoxy) is 1. The minimum atomic E-state index is -0.521. The molecule has 32 heavy (non-hydrogen) atoms. The smallest absolute Gasteiger partial charge is 0.278 e. The van der Waals surface area contributed by atoms with Crippen LogP contribution in [-0.2, 0) is 20.9 Å². The van der Waals surface area contributed by atoms with Crippen LogP contribution < -0.4 is 0 Å². The summed E-state index contributed by atoms with van der Waals surface area (Å²) in [7, 11) is 0. The van der Waals surface area contributed by atoms with Crippen molar-refractivity contribution in [2.75, 3.05) is 13.1 Å². The van der Waals surface area contributed by atoms with Crippen molar-refractivity contribution in [3.05, 3.63) is 81.3 Å². The average molecular weight is 439 g/mol. The number of carbonyl (C=O) groups excluding carboxylic acids is 2. The van der Waals surface area contributed by atoms with Gasteiger partial charge in [0.1, 0.15) is 11.5 Å². The summed E-state index contributed by atoms with van der Waals surface area (Å²) in [4.78, 5) is 40.3. The number of nitro groups is 1. The molecule has 2 atom stereocenters. The minimum absolute atomic E-state index is 0.00657. The minimum Gasteiger partial charge on any atom is -0.372 e. The number of nitrogens with zero attached hydrogens (tertiary/aromatic N) is 3. The molecule has 1 saturated heterocycles. The maximum Gasteiger partial charge on any atom is 0.278 e. The molecule has 2 aromatic rings. The van der Waals surface area contributed by atoms with Gasteiger partial charge in [-0.1, -0.05) is 12.1 Å². The SMILES string of the molecule is CC1CN(C2=C(c3ccc([N+](=O)[O-])cc3)C(=O)N(Cc3ccc(F)cc3)C2=O)CC(C)O1. The van der Waals surface area contributed by atoms with Gasteiger partial charge in [-0.3, -0.25) is 24.6 Å². The van der Waals surface area contributed by atoms with Gasteiger partial charge in [0.25, 0.3) is 17.5 Å². The fourth-order valence-corrected chi connectivity index (χ4v) is 4.14. The Morgan fingerprint density at radius 1 is 1.00 bits per heavy atom. The molecule has 0 spiro atoms. The normalized spacial score (nSPS) is 21.5. The van der Waals surface area contributed by atoms with E-state index in [1.165, 1.54) is 48.5 Å². The zero-order valence-electron chi connectivity index (χ0n) is 17.7. The van der Waals surface area contributed by atoms with Crippen LogP contribution in [0.5, 0.6) is 0 Å². The monoisotopic (exact) mass is 439 g/mol. The Bertz CT molecular complexity index is 1090. The fourth-order valence-electron chi connectivity index (χ4n) is 4.14. The number of carbonyl (C=O) groups is 2. The third-order valence-corrected chi connectivity index (χ3v) is 5.50. The first kappa shape index (κ1) is 21.6. The number of imide groups is 1. The van der Waals surface area contributed by atoms with Crippen molar-refractivity contribution in [2.45, 2.75) is 32.6 Å². The van der Waals surface area contributed by atoms with Crippen LogP contribution in [0, 0.1) is 15.9 Å². The number of amides is 2. The van der Waals surface area contributed by atoms with Gasteiger partial charge in [0, 0.05) is 25.2 Å². The number of nitro benzene ring substituents is 1. The molecule has 0 bridgehead atoms. The third-order valence-electron chi connectivity index (χ3n) is 5.50. The number of rotatable bonds is 5. The van der Waals surface area contributed by atoms with E-state index in [1.807, 2.05) is 18.7 Å². The Morgan fingerprint density at radius 3 is 2.16 bits per heavy atom. The van der Waals surface area contributed by atoms with Gasteiger partial charge < -0.3 is 9.64 Å². The standard InChI is InChI=1S/C23H22FN3O5/c1-14-11-25(12-15(2)32-14)21-20(17-5-9-19(10-6-17)27(30)31)22(28)26(23(21)29)13-16-3-7-18(24)8-4-16/h3-10,14-15H,11-13H2,1-2H3. The fraction of sp³-hybridized carbons (Fsp3) is 0.304. The Morgan fingerprint density at radius 2 is 1.59 bits per heavy atom. The molecule has 8 nitrogen and oxygen atoms in total. The lowest BCUT2D eigenvalue weighted by atomic mass is 10.0. The Hall–Kier alpha value is -3.59. The second-order valence-electron chi connectivity index (χ2n) is 8.01. The number of hydrogen-bond acceptors (Lipinski definition) is 6. The molecule has 4 rings (SSSR count). The topological polar surface area (TPSA) is 93.0 Å². The maximum atomic E-state index is 13.4. The summed E-state index contributed by atoms with van der Waals surface area (Å²) in [5.74, 6) is -1.35. The van der Waals surface area contributed by atoms with Crippen molar-refractivity contribution in [3.8, 4) is 0 Å². The van der Waals surface area contributed by atoms with Gasteiger partial charge >= 0.3 is 0 Å². The van der Waals surface area contributed by atoms with Crippen LogP contribution in [0.1, 0.15) is 25.0 Å². The molecule has 0 N–H and O–H groups in total. The zero-order chi connectivity index (χ0) is 23.0. The molecule has 2 aromatic carbocycles. The van der Waals surface area contributed by atoms with Crippen molar-refractivity contribution in [1.82, 2.24) is 9.80 Å². The van der Waals surface area contributed by atoms with Crippen LogP contribution in [0.3, 0.4) is 0 Å². The second-order valence-corrected chi connectivity index (χ2v) is 8.01.